The molecule has 1 saturated carbocycles. The molecule has 17 heavy (non-hydrogen) atoms. The van der Waals surface area contributed by atoms with Gasteiger partial charge in [-0.3, -0.25) is 0 Å². The Morgan fingerprint density at radius 2 is 1.65 bits per heavy atom. The predicted octanol–water partition coefficient (Wildman–Crippen LogP) is 1.71. The lowest BCUT2D eigenvalue weighted by molar-refractivity contribution is 0.0775. The minimum atomic E-state index is -0.581. The van der Waals surface area contributed by atoms with Crippen LogP contribution < -0.4 is 5.32 Å². The Labute approximate surface area is 107 Å². The van der Waals surface area contributed by atoms with Gasteiger partial charge in [0.1, 0.15) is 0 Å². The van der Waals surface area contributed by atoms with Gasteiger partial charge in [-0.1, -0.05) is 0 Å². The van der Waals surface area contributed by atoms with E-state index in [4.69, 9.17) is 0 Å². The van der Waals surface area contributed by atoms with Crippen LogP contribution in [0.1, 0.15) is 39.5 Å². The predicted molar refractivity (Wildman–Crippen MR) is 73.2 cm³/mol. The molecular formula is C14H30N2O. The van der Waals surface area contributed by atoms with E-state index in [1.165, 1.54) is 32.2 Å². The maximum absolute atomic E-state index is 9.62. The maximum Gasteiger partial charge on any atom is 0.0715 e. The highest BCUT2D eigenvalue weighted by atomic mass is 16.3. The molecule has 0 aromatic heterocycles. The summed E-state index contributed by atoms with van der Waals surface area (Å²) in [6, 6.07) is 0. The molecule has 1 aliphatic carbocycles. The van der Waals surface area contributed by atoms with Crippen molar-refractivity contribution in [3.05, 3.63) is 0 Å². The lowest BCUT2D eigenvalue weighted by Crippen LogP contribution is -2.38. The Bertz CT molecular complexity index is 203. The van der Waals surface area contributed by atoms with Gasteiger partial charge in [-0.15, -0.1) is 0 Å². The summed E-state index contributed by atoms with van der Waals surface area (Å²) in [5, 5.41) is 13.0. The van der Waals surface area contributed by atoms with Gasteiger partial charge >= 0.3 is 0 Å². The number of aliphatic hydroxyl groups is 1. The molecule has 0 aliphatic heterocycles. The molecule has 0 radical (unpaired) electrons. The van der Waals surface area contributed by atoms with Crippen molar-refractivity contribution in [3.8, 4) is 0 Å². The number of nitrogens with zero attached hydrogens (tertiary/aromatic N) is 1. The van der Waals surface area contributed by atoms with Gasteiger partial charge in [0.2, 0.25) is 0 Å². The van der Waals surface area contributed by atoms with Gasteiger partial charge in [-0.05, 0) is 72.0 Å². The van der Waals surface area contributed by atoms with Crippen molar-refractivity contribution >= 4 is 0 Å². The van der Waals surface area contributed by atoms with Crippen LogP contribution in [0.4, 0.5) is 0 Å². The lowest BCUT2D eigenvalue weighted by Gasteiger charge is -2.31. The van der Waals surface area contributed by atoms with Crippen molar-refractivity contribution in [2.45, 2.75) is 45.1 Å². The molecule has 0 saturated heterocycles. The fraction of sp³-hybridized carbons (Fsp3) is 1.00. The van der Waals surface area contributed by atoms with E-state index >= 15 is 0 Å². The zero-order chi connectivity index (χ0) is 12.9. The SMILES string of the molecule is CN(C)CC1CCC(CNCC(C)(C)O)CC1. The molecule has 0 heterocycles. The zero-order valence-electron chi connectivity index (χ0n) is 12.0. The summed E-state index contributed by atoms with van der Waals surface area (Å²) in [6.45, 7) is 6.72. The second-order valence-corrected chi connectivity index (χ2v) is 6.59. The molecule has 0 aromatic rings. The third kappa shape index (κ3) is 7.02. The van der Waals surface area contributed by atoms with Gasteiger partial charge in [0.15, 0.2) is 0 Å². The second kappa shape index (κ2) is 6.72. The fourth-order valence-corrected chi connectivity index (χ4v) is 2.72. The van der Waals surface area contributed by atoms with Crippen LogP contribution in [-0.2, 0) is 0 Å². The molecule has 0 amide bonds. The lowest BCUT2D eigenvalue weighted by atomic mass is 9.82. The summed E-state index contributed by atoms with van der Waals surface area (Å²) in [6.07, 6.45) is 5.43. The van der Waals surface area contributed by atoms with Crippen molar-refractivity contribution in [2.75, 3.05) is 33.7 Å². The van der Waals surface area contributed by atoms with Crippen LogP contribution in [0.3, 0.4) is 0 Å². The Morgan fingerprint density at radius 3 is 2.12 bits per heavy atom. The Balaban J connectivity index is 2.11. The first-order valence-electron chi connectivity index (χ1n) is 6.94. The monoisotopic (exact) mass is 242 g/mol. The molecule has 1 rings (SSSR count). The average molecular weight is 242 g/mol. The topological polar surface area (TPSA) is 35.5 Å². The van der Waals surface area contributed by atoms with Crippen LogP contribution in [0, 0.1) is 11.8 Å². The number of rotatable bonds is 6. The van der Waals surface area contributed by atoms with Gasteiger partial charge in [0.05, 0.1) is 5.60 Å². The second-order valence-electron chi connectivity index (χ2n) is 6.59. The van der Waals surface area contributed by atoms with Crippen LogP contribution in [0.5, 0.6) is 0 Å². The summed E-state index contributed by atoms with van der Waals surface area (Å²) in [5.74, 6) is 1.71. The van der Waals surface area contributed by atoms with Gasteiger partial charge < -0.3 is 15.3 Å². The number of nitrogens with one attached hydrogen (secondary N) is 1. The molecular weight excluding hydrogens is 212 g/mol. The minimum Gasteiger partial charge on any atom is -0.389 e. The highest BCUT2D eigenvalue weighted by molar-refractivity contribution is 4.77. The molecule has 3 nitrogen and oxygen atoms in total. The third-order valence-electron chi connectivity index (χ3n) is 3.58. The molecule has 2 N–H and O–H groups in total. The van der Waals surface area contributed by atoms with E-state index in [0.29, 0.717) is 6.54 Å². The Kier molecular flexibility index (Phi) is 5.90. The average Bonchev–Trinajstić information content (AvgIpc) is 2.18. The molecule has 0 aromatic carbocycles. The van der Waals surface area contributed by atoms with Gasteiger partial charge in [-0.2, -0.15) is 0 Å². The molecule has 0 unspecified atom stereocenters. The van der Waals surface area contributed by atoms with E-state index in [9.17, 15) is 5.11 Å². The van der Waals surface area contributed by atoms with Crippen molar-refractivity contribution in [2.24, 2.45) is 11.8 Å². The molecule has 102 valence electrons. The first kappa shape index (κ1) is 14.9. The third-order valence-corrected chi connectivity index (χ3v) is 3.58. The van der Waals surface area contributed by atoms with Crippen LogP contribution in [0.15, 0.2) is 0 Å². The largest absolute Gasteiger partial charge is 0.389 e. The smallest absolute Gasteiger partial charge is 0.0715 e. The number of hydrogen-bond acceptors (Lipinski definition) is 3. The molecule has 0 atom stereocenters. The molecule has 1 fully saturated rings. The van der Waals surface area contributed by atoms with Crippen LogP contribution in [-0.4, -0.2) is 49.3 Å². The summed E-state index contributed by atoms with van der Waals surface area (Å²) < 4.78 is 0. The van der Waals surface area contributed by atoms with Crippen molar-refractivity contribution < 1.29 is 5.11 Å². The molecule has 1 aliphatic rings. The summed E-state index contributed by atoms with van der Waals surface area (Å²) in [7, 11) is 4.33. The van der Waals surface area contributed by atoms with Crippen molar-refractivity contribution in [1.82, 2.24) is 10.2 Å². The van der Waals surface area contributed by atoms with E-state index < -0.39 is 5.60 Å². The highest BCUT2D eigenvalue weighted by Gasteiger charge is 2.21. The fourth-order valence-electron chi connectivity index (χ4n) is 2.72. The molecule has 0 bridgehead atoms. The quantitative estimate of drug-likeness (QED) is 0.744. The summed E-state index contributed by atoms with van der Waals surface area (Å²) >= 11 is 0. The van der Waals surface area contributed by atoms with E-state index in [2.05, 4.69) is 24.3 Å². The standard InChI is InChI=1S/C14H30N2O/c1-14(2,17)11-15-9-12-5-7-13(8-6-12)10-16(3)4/h12-13,15,17H,5-11H2,1-4H3. The normalized spacial score (nSPS) is 26.5. The highest BCUT2D eigenvalue weighted by Crippen LogP contribution is 2.28. The summed E-state index contributed by atoms with van der Waals surface area (Å²) in [4.78, 5) is 2.30. The van der Waals surface area contributed by atoms with E-state index in [1.54, 1.807) is 0 Å². The van der Waals surface area contributed by atoms with Crippen LogP contribution in [0.25, 0.3) is 0 Å². The first-order chi connectivity index (χ1) is 7.87. The first-order valence-corrected chi connectivity index (χ1v) is 6.94. The van der Waals surface area contributed by atoms with Gasteiger partial charge in [-0.25, -0.2) is 0 Å². The van der Waals surface area contributed by atoms with E-state index in [-0.39, 0.29) is 0 Å². The minimum absolute atomic E-state index is 0.581. The van der Waals surface area contributed by atoms with Crippen molar-refractivity contribution in [1.29, 1.82) is 0 Å². The van der Waals surface area contributed by atoms with Crippen molar-refractivity contribution in [3.63, 3.8) is 0 Å². The Morgan fingerprint density at radius 1 is 1.12 bits per heavy atom. The number of hydrogen-bond donors (Lipinski definition) is 2. The van der Waals surface area contributed by atoms with Gasteiger partial charge in [0, 0.05) is 13.1 Å². The van der Waals surface area contributed by atoms with Gasteiger partial charge in [0.25, 0.3) is 0 Å². The van der Waals surface area contributed by atoms with E-state index in [0.717, 1.165) is 18.4 Å². The summed E-state index contributed by atoms with van der Waals surface area (Å²) in [5.41, 5.74) is -0.581. The molecule has 3 heteroatoms. The van der Waals surface area contributed by atoms with Crippen LogP contribution in [0.2, 0.25) is 0 Å². The molecule has 0 spiro atoms. The maximum atomic E-state index is 9.62. The zero-order valence-corrected chi connectivity index (χ0v) is 12.0. The van der Waals surface area contributed by atoms with E-state index in [1.807, 2.05) is 13.8 Å². The van der Waals surface area contributed by atoms with Crippen LogP contribution >= 0.6 is 0 Å². The Hall–Kier alpha value is -0.120.